The molecule has 1 aliphatic heterocycles. The Balaban J connectivity index is 1.55. The van der Waals surface area contributed by atoms with Crippen LogP contribution >= 0.6 is 0 Å². The summed E-state index contributed by atoms with van der Waals surface area (Å²) >= 11 is 0. The number of nitrogens with zero attached hydrogens (tertiary/aromatic N) is 1. The van der Waals surface area contributed by atoms with Crippen LogP contribution in [0.2, 0.25) is 0 Å². The number of fused-ring (bicyclic) bond motifs is 2. The SMILES string of the molecule is O=C(O)CC1CCC2CC1CN2C(=O)OCc1ccccc1. The number of benzene rings is 1. The maximum absolute atomic E-state index is 12.3. The number of hydrogen-bond donors (Lipinski definition) is 1. The molecule has 2 bridgehead atoms. The largest absolute Gasteiger partial charge is 0.481 e. The predicted molar refractivity (Wildman–Crippen MR) is 80.2 cm³/mol. The average molecular weight is 303 g/mol. The number of carbonyl (C=O) groups is 2. The fourth-order valence-corrected chi connectivity index (χ4v) is 3.73. The van der Waals surface area contributed by atoms with Crippen molar-refractivity contribution in [2.75, 3.05) is 6.54 Å². The van der Waals surface area contributed by atoms with Crippen molar-refractivity contribution in [3.05, 3.63) is 35.9 Å². The minimum atomic E-state index is -0.742. The molecule has 1 N–H and O–H groups in total. The molecular formula is C17H21NO4. The van der Waals surface area contributed by atoms with Gasteiger partial charge in [-0.25, -0.2) is 4.79 Å². The third-order valence-electron chi connectivity index (χ3n) is 4.86. The highest BCUT2D eigenvalue weighted by atomic mass is 16.6. The Morgan fingerprint density at radius 3 is 2.73 bits per heavy atom. The third kappa shape index (κ3) is 3.24. The van der Waals surface area contributed by atoms with Crippen molar-refractivity contribution in [1.82, 2.24) is 4.90 Å². The minimum absolute atomic E-state index is 0.195. The van der Waals surface area contributed by atoms with E-state index in [9.17, 15) is 9.59 Å². The van der Waals surface area contributed by atoms with Crippen LogP contribution in [-0.2, 0) is 16.1 Å². The quantitative estimate of drug-likeness (QED) is 0.928. The number of amides is 1. The molecule has 0 spiro atoms. The van der Waals surface area contributed by atoms with Crippen molar-refractivity contribution in [1.29, 1.82) is 0 Å². The van der Waals surface area contributed by atoms with E-state index >= 15 is 0 Å². The lowest BCUT2D eigenvalue weighted by molar-refractivity contribution is -0.138. The van der Waals surface area contributed by atoms with Crippen molar-refractivity contribution in [3.8, 4) is 0 Å². The fourth-order valence-electron chi connectivity index (χ4n) is 3.73. The summed E-state index contributed by atoms with van der Waals surface area (Å²) in [7, 11) is 0. The van der Waals surface area contributed by atoms with Gasteiger partial charge in [0, 0.05) is 19.0 Å². The Bertz CT molecular complexity index is 545. The van der Waals surface area contributed by atoms with Gasteiger partial charge in [0.15, 0.2) is 0 Å². The number of carboxylic acid groups (broad SMARTS) is 1. The van der Waals surface area contributed by atoms with Gasteiger partial charge in [-0.1, -0.05) is 30.3 Å². The zero-order valence-corrected chi connectivity index (χ0v) is 12.5. The highest BCUT2D eigenvalue weighted by Crippen LogP contribution is 2.41. The van der Waals surface area contributed by atoms with E-state index in [1.54, 1.807) is 4.90 Å². The van der Waals surface area contributed by atoms with Crippen molar-refractivity contribution >= 4 is 12.1 Å². The van der Waals surface area contributed by atoms with Gasteiger partial charge in [-0.3, -0.25) is 4.79 Å². The number of hydrogen-bond acceptors (Lipinski definition) is 3. The van der Waals surface area contributed by atoms with E-state index in [1.807, 2.05) is 30.3 Å². The van der Waals surface area contributed by atoms with Crippen molar-refractivity contribution < 1.29 is 19.4 Å². The van der Waals surface area contributed by atoms with Crippen molar-refractivity contribution in [3.63, 3.8) is 0 Å². The first kappa shape index (κ1) is 14.9. The van der Waals surface area contributed by atoms with Gasteiger partial charge in [0.25, 0.3) is 0 Å². The Kier molecular flexibility index (Phi) is 4.32. The van der Waals surface area contributed by atoms with Gasteiger partial charge in [-0.05, 0) is 36.7 Å². The molecule has 3 rings (SSSR count). The van der Waals surface area contributed by atoms with Crippen LogP contribution < -0.4 is 0 Å². The van der Waals surface area contributed by atoms with Gasteiger partial charge in [-0.2, -0.15) is 0 Å². The van der Waals surface area contributed by atoms with Crippen LogP contribution in [0.4, 0.5) is 4.79 Å². The highest BCUT2D eigenvalue weighted by Gasteiger charge is 2.43. The van der Waals surface area contributed by atoms with Crippen molar-refractivity contribution in [2.24, 2.45) is 11.8 Å². The summed E-state index contributed by atoms with van der Waals surface area (Å²) in [6.07, 6.45) is 2.63. The molecule has 1 aromatic rings. The molecule has 1 aromatic carbocycles. The van der Waals surface area contributed by atoms with Crippen LogP contribution in [0.15, 0.2) is 30.3 Å². The first-order valence-electron chi connectivity index (χ1n) is 7.82. The van der Waals surface area contributed by atoms with E-state index < -0.39 is 5.97 Å². The summed E-state index contributed by atoms with van der Waals surface area (Å²) in [4.78, 5) is 25.0. The Morgan fingerprint density at radius 2 is 2.00 bits per heavy atom. The lowest BCUT2D eigenvalue weighted by Gasteiger charge is -2.27. The monoisotopic (exact) mass is 303 g/mol. The second-order valence-electron chi connectivity index (χ2n) is 6.28. The van der Waals surface area contributed by atoms with Gasteiger partial charge in [-0.15, -0.1) is 0 Å². The summed E-state index contributed by atoms with van der Waals surface area (Å²) in [5.74, 6) is -0.242. The van der Waals surface area contributed by atoms with Crippen LogP contribution in [0.25, 0.3) is 0 Å². The molecule has 3 atom stereocenters. The maximum atomic E-state index is 12.3. The lowest BCUT2D eigenvalue weighted by atomic mass is 9.78. The first-order valence-corrected chi connectivity index (χ1v) is 7.82. The molecule has 5 heteroatoms. The minimum Gasteiger partial charge on any atom is -0.481 e. The first-order chi connectivity index (χ1) is 10.6. The Labute approximate surface area is 129 Å². The average Bonchev–Trinajstić information content (AvgIpc) is 2.87. The van der Waals surface area contributed by atoms with E-state index in [4.69, 9.17) is 9.84 Å². The van der Waals surface area contributed by atoms with E-state index in [0.717, 1.165) is 24.8 Å². The zero-order chi connectivity index (χ0) is 15.5. The Hall–Kier alpha value is -2.04. The predicted octanol–water partition coefficient (Wildman–Crippen LogP) is 2.90. The van der Waals surface area contributed by atoms with Crippen LogP contribution in [0, 0.1) is 11.8 Å². The molecule has 1 aliphatic carbocycles. The van der Waals surface area contributed by atoms with Crippen LogP contribution in [-0.4, -0.2) is 34.7 Å². The number of aliphatic carboxylic acids is 1. The molecule has 5 nitrogen and oxygen atoms in total. The summed E-state index contributed by atoms with van der Waals surface area (Å²) < 4.78 is 5.41. The standard InChI is InChI=1S/C17H21NO4/c19-16(20)9-13-6-7-15-8-14(13)10-18(15)17(21)22-11-12-4-2-1-3-5-12/h1-5,13-15H,6-11H2,(H,19,20). The highest BCUT2D eigenvalue weighted by molar-refractivity contribution is 5.69. The number of likely N-dealkylation sites (tertiary alicyclic amines) is 1. The fraction of sp³-hybridized carbons (Fsp3) is 0.529. The van der Waals surface area contributed by atoms with E-state index in [1.165, 1.54) is 0 Å². The smallest absolute Gasteiger partial charge is 0.410 e. The zero-order valence-electron chi connectivity index (χ0n) is 12.5. The number of rotatable bonds is 4. The second kappa shape index (κ2) is 6.38. The molecule has 1 amide bonds. The van der Waals surface area contributed by atoms with E-state index in [2.05, 4.69) is 0 Å². The molecule has 2 fully saturated rings. The second-order valence-corrected chi connectivity index (χ2v) is 6.28. The molecule has 2 aliphatic rings. The third-order valence-corrected chi connectivity index (χ3v) is 4.86. The van der Waals surface area contributed by atoms with Crippen LogP contribution in [0.1, 0.15) is 31.2 Å². The molecule has 0 radical (unpaired) electrons. The molecule has 118 valence electrons. The summed E-state index contributed by atoms with van der Waals surface area (Å²) in [5, 5.41) is 8.97. The van der Waals surface area contributed by atoms with Gasteiger partial charge in [0.2, 0.25) is 0 Å². The molecule has 3 unspecified atom stereocenters. The topological polar surface area (TPSA) is 66.8 Å². The summed E-state index contributed by atoms with van der Waals surface area (Å²) in [6.45, 7) is 0.919. The van der Waals surface area contributed by atoms with Gasteiger partial charge in [0.1, 0.15) is 6.61 Å². The number of carbonyl (C=O) groups excluding carboxylic acids is 1. The van der Waals surface area contributed by atoms with Crippen LogP contribution in [0.3, 0.4) is 0 Å². The van der Waals surface area contributed by atoms with Crippen LogP contribution in [0.5, 0.6) is 0 Å². The lowest BCUT2D eigenvalue weighted by Crippen LogP contribution is -2.35. The van der Waals surface area contributed by atoms with E-state index in [-0.39, 0.29) is 31.1 Å². The molecule has 22 heavy (non-hydrogen) atoms. The van der Waals surface area contributed by atoms with Crippen molar-refractivity contribution in [2.45, 2.75) is 38.3 Å². The van der Waals surface area contributed by atoms with E-state index in [0.29, 0.717) is 12.5 Å². The molecule has 1 heterocycles. The maximum Gasteiger partial charge on any atom is 0.410 e. The molecule has 1 saturated heterocycles. The van der Waals surface area contributed by atoms with Gasteiger partial charge < -0.3 is 14.7 Å². The summed E-state index contributed by atoms with van der Waals surface area (Å²) in [5.41, 5.74) is 0.974. The molecular weight excluding hydrogens is 282 g/mol. The normalized spacial score (nSPS) is 26.7. The number of carboxylic acids is 1. The number of ether oxygens (including phenoxy) is 1. The Morgan fingerprint density at radius 1 is 1.23 bits per heavy atom. The van der Waals surface area contributed by atoms with Gasteiger partial charge >= 0.3 is 12.1 Å². The molecule has 1 saturated carbocycles. The summed E-state index contributed by atoms with van der Waals surface area (Å²) in [6, 6.07) is 9.85. The molecule has 0 aromatic heterocycles. The van der Waals surface area contributed by atoms with Gasteiger partial charge in [0.05, 0.1) is 0 Å².